The van der Waals surface area contributed by atoms with Crippen molar-refractivity contribution in [2.24, 2.45) is 5.41 Å². The fourth-order valence-electron chi connectivity index (χ4n) is 3.63. The standard InChI is InChI=1S/C20H20F3NO3/c1-12-10-15(8-9-17(12)24(25)26)27-18-11-16(19(18,2)3)13-4-6-14(7-5-13)20(21,22)23/h4-10,16,18H,11H2,1-3H3/t16-,18-/m1/s1. The van der Waals surface area contributed by atoms with E-state index in [1.54, 1.807) is 19.1 Å². The normalized spacial score (nSPS) is 21.4. The van der Waals surface area contributed by atoms with E-state index in [9.17, 15) is 23.3 Å². The van der Waals surface area contributed by atoms with Gasteiger partial charge in [0.15, 0.2) is 0 Å². The zero-order chi connectivity index (χ0) is 20.0. The number of aryl methyl sites for hydroxylation is 1. The summed E-state index contributed by atoms with van der Waals surface area (Å²) in [6.45, 7) is 5.69. The summed E-state index contributed by atoms with van der Waals surface area (Å²) in [6, 6.07) is 9.91. The summed E-state index contributed by atoms with van der Waals surface area (Å²) >= 11 is 0. The van der Waals surface area contributed by atoms with Crippen LogP contribution < -0.4 is 4.74 Å². The Hall–Kier alpha value is -2.57. The van der Waals surface area contributed by atoms with Crippen LogP contribution in [0.4, 0.5) is 18.9 Å². The number of nitro benzene ring substituents is 1. The lowest BCUT2D eigenvalue weighted by atomic mass is 9.57. The van der Waals surface area contributed by atoms with Crippen LogP contribution in [0.25, 0.3) is 0 Å². The molecule has 0 aromatic heterocycles. The molecule has 0 spiro atoms. The fraction of sp³-hybridized carbons (Fsp3) is 0.400. The highest BCUT2D eigenvalue weighted by molar-refractivity contribution is 5.44. The van der Waals surface area contributed by atoms with Gasteiger partial charge >= 0.3 is 6.18 Å². The average Bonchev–Trinajstić information content (AvgIpc) is 2.57. The zero-order valence-electron chi connectivity index (χ0n) is 15.2. The summed E-state index contributed by atoms with van der Waals surface area (Å²) in [7, 11) is 0. The first-order valence-corrected chi connectivity index (χ1v) is 8.59. The maximum absolute atomic E-state index is 12.7. The number of alkyl halides is 3. The van der Waals surface area contributed by atoms with Crippen LogP contribution in [0.15, 0.2) is 42.5 Å². The smallest absolute Gasteiger partial charge is 0.416 e. The zero-order valence-corrected chi connectivity index (χ0v) is 15.2. The van der Waals surface area contributed by atoms with E-state index < -0.39 is 16.7 Å². The first-order chi connectivity index (χ1) is 12.5. The molecule has 27 heavy (non-hydrogen) atoms. The van der Waals surface area contributed by atoms with Crippen LogP contribution in [0, 0.1) is 22.5 Å². The minimum atomic E-state index is -4.34. The van der Waals surface area contributed by atoms with Crippen LogP contribution in [-0.4, -0.2) is 11.0 Å². The molecule has 0 bridgehead atoms. The summed E-state index contributed by atoms with van der Waals surface area (Å²) in [4.78, 5) is 10.5. The Morgan fingerprint density at radius 1 is 1.15 bits per heavy atom. The van der Waals surface area contributed by atoms with Crippen molar-refractivity contribution in [1.29, 1.82) is 0 Å². The molecule has 144 valence electrons. The van der Waals surface area contributed by atoms with E-state index in [0.717, 1.165) is 17.7 Å². The molecule has 0 saturated heterocycles. The first-order valence-electron chi connectivity index (χ1n) is 8.59. The number of benzene rings is 2. The lowest BCUT2D eigenvalue weighted by Crippen LogP contribution is -2.50. The van der Waals surface area contributed by atoms with Gasteiger partial charge in [-0.15, -0.1) is 0 Å². The van der Waals surface area contributed by atoms with Gasteiger partial charge in [0.05, 0.1) is 10.5 Å². The quantitative estimate of drug-likeness (QED) is 0.492. The largest absolute Gasteiger partial charge is 0.490 e. The number of rotatable bonds is 4. The molecule has 1 aliphatic carbocycles. The van der Waals surface area contributed by atoms with Gasteiger partial charge in [0.25, 0.3) is 5.69 Å². The Kier molecular flexibility index (Phi) is 4.66. The molecule has 3 rings (SSSR count). The van der Waals surface area contributed by atoms with Gasteiger partial charge in [-0.2, -0.15) is 13.2 Å². The first kappa shape index (κ1) is 19.2. The summed E-state index contributed by atoms with van der Waals surface area (Å²) < 4.78 is 44.2. The SMILES string of the molecule is Cc1cc(O[C@@H]2C[C@H](c3ccc(C(F)(F)F)cc3)C2(C)C)ccc1[N+](=O)[O-]. The monoisotopic (exact) mass is 379 g/mol. The van der Waals surface area contributed by atoms with E-state index in [1.807, 2.05) is 13.8 Å². The predicted octanol–water partition coefficient (Wildman–Crippen LogP) is 5.88. The van der Waals surface area contributed by atoms with Crippen molar-refractivity contribution in [2.75, 3.05) is 0 Å². The van der Waals surface area contributed by atoms with Crippen molar-refractivity contribution in [1.82, 2.24) is 0 Å². The van der Waals surface area contributed by atoms with Gasteiger partial charge in [-0.05, 0) is 49.1 Å². The molecule has 2 aromatic carbocycles. The third-order valence-electron chi connectivity index (χ3n) is 5.46. The van der Waals surface area contributed by atoms with E-state index in [-0.39, 0.29) is 23.1 Å². The molecule has 0 aliphatic heterocycles. The topological polar surface area (TPSA) is 52.4 Å². The van der Waals surface area contributed by atoms with Crippen LogP contribution >= 0.6 is 0 Å². The molecule has 2 aromatic rings. The molecular formula is C20H20F3NO3. The van der Waals surface area contributed by atoms with Crippen molar-refractivity contribution in [2.45, 2.75) is 45.4 Å². The fourth-order valence-corrected chi connectivity index (χ4v) is 3.63. The maximum Gasteiger partial charge on any atom is 0.416 e. The van der Waals surface area contributed by atoms with Crippen molar-refractivity contribution >= 4 is 5.69 Å². The molecule has 1 saturated carbocycles. The number of ether oxygens (including phenoxy) is 1. The second-order valence-corrected chi connectivity index (χ2v) is 7.54. The maximum atomic E-state index is 12.7. The number of halogens is 3. The lowest BCUT2D eigenvalue weighted by Gasteiger charge is -2.51. The van der Waals surface area contributed by atoms with E-state index in [4.69, 9.17) is 4.74 Å². The lowest BCUT2D eigenvalue weighted by molar-refractivity contribution is -0.385. The molecule has 0 unspecified atom stereocenters. The molecule has 1 aliphatic rings. The highest BCUT2D eigenvalue weighted by Gasteiger charge is 2.50. The van der Waals surface area contributed by atoms with Gasteiger partial charge in [-0.1, -0.05) is 26.0 Å². The van der Waals surface area contributed by atoms with E-state index in [1.165, 1.54) is 18.2 Å². The molecule has 0 radical (unpaired) electrons. The third kappa shape index (κ3) is 3.63. The Morgan fingerprint density at radius 2 is 1.78 bits per heavy atom. The minimum Gasteiger partial charge on any atom is -0.490 e. The molecule has 7 heteroatoms. The molecule has 4 nitrogen and oxygen atoms in total. The Morgan fingerprint density at radius 3 is 2.26 bits per heavy atom. The van der Waals surface area contributed by atoms with Gasteiger partial charge < -0.3 is 4.74 Å². The molecule has 0 N–H and O–H groups in total. The molecule has 1 fully saturated rings. The average molecular weight is 379 g/mol. The number of hydrogen-bond donors (Lipinski definition) is 0. The van der Waals surface area contributed by atoms with Gasteiger partial charge in [-0.25, -0.2) is 0 Å². The van der Waals surface area contributed by atoms with Crippen LogP contribution in [0.3, 0.4) is 0 Å². The number of nitro groups is 1. The van der Waals surface area contributed by atoms with Gasteiger partial charge in [0, 0.05) is 17.0 Å². The van der Waals surface area contributed by atoms with E-state index >= 15 is 0 Å². The van der Waals surface area contributed by atoms with Crippen LogP contribution in [0.5, 0.6) is 5.75 Å². The highest BCUT2D eigenvalue weighted by atomic mass is 19.4. The Labute approximate surface area is 155 Å². The molecular weight excluding hydrogens is 359 g/mol. The summed E-state index contributed by atoms with van der Waals surface area (Å²) in [5.74, 6) is 0.644. The molecule has 2 atom stereocenters. The van der Waals surface area contributed by atoms with Crippen molar-refractivity contribution in [3.05, 3.63) is 69.3 Å². The predicted molar refractivity (Wildman–Crippen MR) is 94.8 cm³/mol. The van der Waals surface area contributed by atoms with Crippen molar-refractivity contribution < 1.29 is 22.8 Å². The van der Waals surface area contributed by atoms with Gasteiger partial charge in [0.2, 0.25) is 0 Å². The number of nitrogens with zero attached hydrogens (tertiary/aromatic N) is 1. The van der Waals surface area contributed by atoms with Gasteiger partial charge in [0.1, 0.15) is 11.9 Å². The van der Waals surface area contributed by atoms with Gasteiger partial charge in [-0.3, -0.25) is 10.1 Å². The Balaban J connectivity index is 1.71. The summed E-state index contributed by atoms with van der Waals surface area (Å²) in [6.07, 6.45) is -3.78. The van der Waals surface area contributed by atoms with Crippen LogP contribution in [0.2, 0.25) is 0 Å². The number of hydrogen-bond acceptors (Lipinski definition) is 3. The molecule has 0 amide bonds. The van der Waals surface area contributed by atoms with Crippen LogP contribution in [-0.2, 0) is 6.18 Å². The Bertz CT molecular complexity index is 860. The highest BCUT2D eigenvalue weighted by Crippen LogP contribution is 2.54. The van der Waals surface area contributed by atoms with Crippen molar-refractivity contribution in [3.8, 4) is 5.75 Å². The van der Waals surface area contributed by atoms with Crippen molar-refractivity contribution in [3.63, 3.8) is 0 Å². The van der Waals surface area contributed by atoms with E-state index in [0.29, 0.717) is 17.7 Å². The second-order valence-electron chi connectivity index (χ2n) is 7.54. The van der Waals surface area contributed by atoms with E-state index in [2.05, 4.69) is 0 Å². The minimum absolute atomic E-state index is 0.0397. The third-order valence-corrected chi connectivity index (χ3v) is 5.46. The summed E-state index contributed by atoms with van der Waals surface area (Å²) in [5.41, 5.74) is 0.493. The second kappa shape index (κ2) is 6.55. The van der Waals surface area contributed by atoms with Crippen LogP contribution in [0.1, 0.15) is 42.9 Å². The summed E-state index contributed by atoms with van der Waals surface area (Å²) in [5, 5.41) is 10.9. The molecule has 0 heterocycles.